The summed E-state index contributed by atoms with van der Waals surface area (Å²) in [6, 6.07) is 21.7. The lowest BCUT2D eigenvalue weighted by molar-refractivity contribution is -0.121. The van der Waals surface area contributed by atoms with Crippen LogP contribution in [0.3, 0.4) is 0 Å². The first-order valence-electron chi connectivity index (χ1n) is 11.0. The number of amides is 1. The van der Waals surface area contributed by atoms with Crippen LogP contribution in [0.15, 0.2) is 82.7 Å². The predicted molar refractivity (Wildman–Crippen MR) is 137 cm³/mol. The van der Waals surface area contributed by atoms with Crippen LogP contribution >= 0.6 is 11.8 Å². The zero-order valence-electron chi connectivity index (χ0n) is 19.3. The van der Waals surface area contributed by atoms with Gasteiger partial charge in [-0.05, 0) is 66.2 Å². The summed E-state index contributed by atoms with van der Waals surface area (Å²) in [5.41, 5.74) is 2.45. The van der Waals surface area contributed by atoms with E-state index in [1.165, 1.54) is 28.8 Å². The van der Waals surface area contributed by atoms with E-state index in [4.69, 9.17) is 9.47 Å². The quantitative estimate of drug-likeness (QED) is 0.416. The van der Waals surface area contributed by atoms with E-state index in [-0.39, 0.29) is 11.5 Å². The average molecular weight is 489 g/mol. The highest BCUT2D eigenvalue weighted by molar-refractivity contribution is 8.18. The van der Waals surface area contributed by atoms with Crippen LogP contribution in [-0.4, -0.2) is 40.7 Å². The summed E-state index contributed by atoms with van der Waals surface area (Å²) in [6.45, 7) is 2.80. The monoisotopic (exact) mass is 488 g/mol. The van der Waals surface area contributed by atoms with Gasteiger partial charge in [-0.25, -0.2) is 9.79 Å². The fourth-order valence-corrected chi connectivity index (χ4v) is 4.35. The molecule has 8 heteroatoms. The third-order valence-electron chi connectivity index (χ3n) is 5.12. The van der Waals surface area contributed by atoms with E-state index in [0.717, 1.165) is 11.1 Å². The van der Waals surface area contributed by atoms with Gasteiger partial charge in [-0.15, -0.1) is 0 Å². The van der Waals surface area contributed by atoms with Crippen LogP contribution in [0.1, 0.15) is 28.4 Å². The Morgan fingerprint density at radius 2 is 1.83 bits per heavy atom. The summed E-state index contributed by atoms with van der Waals surface area (Å²) >= 11 is 1.23. The Morgan fingerprint density at radius 1 is 1.03 bits per heavy atom. The van der Waals surface area contributed by atoms with E-state index in [1.54, 1.807) is 25.3 Å². The fourth-order valence-electron chi connectivity index (χ4n) is 3.36. The average Bonchev–Trinajstić information content (AvgIpc) is 3.12. The molecule has 7 nitrogen and oxygen atoms in total. The number of likely N-dealkylation sites (N-methyl/N-ethyl adjacent to an activating group) is 1. The molecule has 1 N–H and O–H groups in total. The largest absolute Gasteiger partial charge is 0.490 e. The first-order chi connectivity index (χ1) is 16.9. The number of carboxylic acid groups (broad SMARTS) is 1. The van der Waals surface area contributed by atoms with E-state index in [0.29, 0.717) is 40.5 Å². The number of hydrogen-bond donors (Lipinski definition) is 1. The second-order valence-corrected chi connectivity index (χ2v) is 8.65. The maximum atomic E-state index is 12.8. The first-order valence-corrected chi connectivity index (χ1v) is 11.8. The second-order valence-electron chi connectivity index (χ2n) is 7.64. The van der Waals surface area contributed by atoms with Crippen LogP contribution in [0.25, 0.3) is 6.08 Å². The van der Waals surface area contributed by atoms with Gasteiger partial charge in [0.25, 0.3) is 5.91 Å². The lowest BCUT2D eigenvalue weighted by Gasteiger charge is -2.13. The Morgan fingerprint density at radius 3 is 2.57 bits per heavy atom. The molecule has 1 aliphatic rings. The van der Waals surface area contributed by atoms with Crippen molar-refractivity contribution in [1.82, 2.24) is 4.90 Å². The lowest BCUT2D eigenvalue weighted by atomic mass is 10.1. The van der Waals surface area contributed by atoms with Crippen LogP contribution in [0, 0.1) is 0 Å². The molecule has 4 rings (SSSR count). The van der Waals surface area contributed by atoms with Gasteiger partial charge < -0.3 is 14.6 Å². The third kappa shape index (κ3) is 5.91. The highest BCUT2D eigenvalue weighted by atomic mass is 32.2. The molecule has 0 atom stereocenters. The molecule has 0 saturated carbocycles. The Bertz CT molecular complexity index is 1300. The number of ether oxygens (including phenoxy) is 2. The number of carbonyl (C=O) groups excluding carboxylic acids is 1. The smallest absolute Gasteiger partial charge is 0.335 e. The topological polar surface area (TPSA) is 88.4 Å². The molecule has 1 heterocycles. The Kier molecular flexibility index (Phi) is 7.52. The van der Waals surface area contributed by atoms with Crippen molar-refractivity contribution in [3.8, 4) is 11.5 Å². The predicted octanol–water partition coefficient (Wildman–Crippen LogP) is 5.60. The SMILES string of the molecule is CCOc1cc(/C=C2/SC(=Nc3cccc(C(=O)O)c3)N(C)C2=O)ccc1OCc1ccccc1. The molecule has 0 bridgehead atoms. The number of carboxylic acids is 1. The number of carbonyl (C=O) groups is 2. The van der Waals surface area contributed by atoms with Gasteiger partial charge in [-0.2, -0.15) is 0 Å². The number of rotatable bonds is 8. The fraction of sp³-hybridized carbons (Fsp3) is 0.148. The molecule has 3 aromatic carbocycles. The van der Waals surface area contributed by atoms with E-state index in [1.807, 2.05) is 55.5 Å². The van der Waals surface area contributed by atoms with E-state index < -0.39 is 5.97 Å². The summed E-state index contributed by atoms with van der Waals surface area (Å²) in [6.07, 6.45) is 1.78. The van der Waals surface area contributed by atoms with Crippen LogP contribution in [0.2, 0.25) is 0 Å². The van der Waals surface area contributed by atoms with Gasteiger partial charge in [0.2, 0.25) is 0 Å². The van der Waals surface area contributed by atoms with Crippen molar-refractivity contribution in [2.45, 2.75) is 13.5 Å². The van der Waals surface area contributed by atoms with Crippen LogP contribution in [0.5, 0.6) is 11.5 Å². The highest BCUT2D eigenvalue weighted by Gasteiger charge is 2.30. The van der Waals surface area contributed by atoms with Gasteiger partial charge in [0.1, 0.15) is 6.61 Å². The highest BCUT2D eigenvalue weighted by Crippen LogP contribution is 2.35. The Balaban J connectivity index is 1.55. The number of hydrogen-bond acceptors (Lipinski definition) is 6. The number of aromatic carboxylic acids is 1. The van der Waals surface area contributed by atoms with Gasteiger partial charge in [0, 0.05) is 7.05 Å². The summed E-state index contributed by atoms with van der Waals surface area (Å²) < 4.78 is 11.7. The maximum absolute atomic E-state index is 12.8. The normalized spacial score (nSPS) is 15.6. The van der Waals surface area contributed by atoms with Crippen molar-refractivity contribution < 1.29 is 24.2 Å². The minimum atomic E-state index is -1.03. The van der Waals surface area contributed by atoms with Crippen molar-refractivity contribution in [3.63, 3.8) is 0 Å². The Labute approximate surface area is 207 Å². The number of benzene rings is 3. The summed E-state index contributed by atoms with van der Waals surface area (Å²) in [5, 5.41) is 9.66. The van der Waals surface area contributed by atoms with Crippen molar-refractivity contribution in [2.75, 3.05) is 13.7 Å². The van der Waals surface area contributed by atoms with Crippen LogP contribution in [-0.2, 0) is 11.4 Å². The van der Waals surface area contributed by atoms with Crippen molar-refractivity contribution in [2.24, 2.45) is 4.99 Å². The summed E-state index contributed by atoms with van der Waals surface area (Å²) in [7, 11) is 1.64. The molecule has 1 fully saturated rings. The number of thioether (sulfide) groups is 1. The molecule has 1 amide bonds. The number of aliphatic imine (C=N–C) groups is 1. The summed E-state index contributed by atoms with van der Waals surface area (Å²) in [5.74, 6) is 0.00448. The molecule has 1 aliphatic heterocycles. The van der Waals surface area contributed by atoms with Gasteiger partial charge in [0.05, 0.1) is 22.8 Å². The van der Waals surface area contributed by atoms with Crippen molar-refractivity contribution in [3.05, 3.63) is 94.4 Å². The van der Waals surface area contributed by atoms with E-state index in [2.05, 4.69) is 4.99 Å². The molecule has 178 valence electrons. The van der Waals surface area contributed by atoms with Crippen molar-refractivity contribution in [1.29, 1.82) is 0 Å². The zero-order chi connectivity index (χ0) is 24.8. The Hall–Kier alpha value is -4.04. The van der Waals surface area contributed by atoms with Crippen molar-refractivity contribution >= 4 is 40.6 Å². The van der Waals surface area contributed by atoms with Crippen LogP contribution < -0.4 is 9.47 Å². The van der Waals surface area contributed by atoms with Gasteiger partial charge >= 0.3 is 5.97 Å². The summed E-state index contributed by atoms with van der Waals surface area (Å²) in [4.78, 5) is 30.5. The van der Waals surface area contributed by atoms with Crippen LogP contribution in [0.4, 0.5) is 5.69 Å². The molecule has 1 saturated heterocycles. The van der Waals surface area contributed by atoms with Gasteiger partial charge in [-0.3, -0.25) is 9.69 Å². The molecule has 35 heavy (non-hydrogen) atoms. The van der Waals surface area contributed by atoms with E-state index in [9.17, 15) is 14.7 Å². The third-order valence-corrected chi connectivity index (χ3v) is 6.18. The van der Waals surface area contributed by atoms with Gasteiger partial charge in [-0.1, -0.05) is 42.5 Å². The lowest BCUT2D eigenvalue weighted by Crippen LogP contribution is -2.23. The first kappa shape index (κ1) is 24.1. The minimum absolute atomic E-state index is 0.137. The molecule has 3 aromatic rings. The molecule has 0 radical (unpaired) electrons. The molecule has 0 spiro atoms. The standard InChI is InChI=1S/C27H24N2O5S/c1-3-33-23-14-19(12-13-22(23)34-17-18-8-5-4-6-9-18)15-24-25(30)29(2)27(35-24)28-21-11-7-10-20(16-21)26(31)32/h4-16H,3,17H2,1-2H3,(H,31,32)/b24-15+,28-27?. The molecule has 0 unspecified atom stereocenters. The molecular weight excluding hydrogens is 464 g/mol. The number of nitrogens with zero attached hydrogens (tertiary/aromatic N) is 2. The second kappa shape index (κ2) is 10.9. The molecule has 0 aliphatic carbocycles. The molecule has 0 aromatic heterocycles. The zero-order valence-corrected chi connectivity index (χ0v) is 20.1. The molecular formula is C27H24N2O5S. The minimum Gasteiger partial charge on any atom is -0.490 e. The maximum Gasteiger partial charge on any atom is 0.335 e. The number of amidine groups is 1. The van der Waals surface area contributed by atoms with Gasteiger partial charge in [0.15, 0.2) is 16.7 Å². The van der Waals surface area contributed by atoms with E-state index >= 15 is 0 Å².